The fourth-order valence-electron chi connectivity index (χ4n) is 3.71. The van der Waals surface area contributed by atoms with Crippen LogP contribution in [0, 0.1) is 17.3 Å². The summed E-state index contributed by atoms with van der Waals surface area (Å²) in [5.74, 6) is 1.71. The summed E-state index contributed by atoms with van der Waals surface area (Å²) in [6, 6.07) is 0. The summed E-state index contributed by atoms with van der Waals surface area (Å²) in [7, 11) is 1.64. The minimum absolute atomic E-state index is 0.0873. The topological polar surface area (TPSA) is 38.7 Å². The Kier molecular flexibility index (Phi) is 3.79. The predicted octanol–water partition coefficient (Wildman–Crippen LogP) is 3.26. The molecule has 0 aromatic heterocycles. The van der Waals surface area contributed by atoms with Crippen LogP contribution in [0.15, 0.2) is 11.8 Å². The van der Waals surface area contributed by atoms with Crippen LogP contribution in [0.3, 0.4) is 0 Å². The lowest BCUT2D eigenvalue weighted by Crippen LogP contribution is -2.38. The van der Waals surface area contributed by atoms with Crippen molar-refractivity contribution in [1.82, 2.24) is 0 Å². The van der Waals surface area contributed by atoms with E-state index in [1.54, 1.807) is 7.11 Å². The third kappa shape index (κ3) is 2.11. The van der Waals surface area contributed by atoms with Gasteiger partial charge < -0.3 is 14.6 Å². The van der Waals surface area contributed by atoms with E-state index < -0.39 is 0 Å². The van der Waals surface area contributed by atoms with Crippen molar-refractivity contribution in [2.45, 2.75) is 45.6 Å². The number of hydrogen-bond donors (Lipinski definition) is 1. The average Bonchev–Trinajstić information content (AvgIpc) is 2.59. The van der Waals surface area contributed by atoms with Gasteiger partial charge in [-0.3, -0.25) is 0 Å². The van der Waals surface area contributed by atoms with Crippen molar-refractivity contribution in [2.75, 3.05) is 13.9 Å². The Hall–Kier alpha value is -0.540. The molecule has 2 rings (SSSR count). The zero-order chi connectivity index (χ0) is 12.5. The Morgan fingerprint density at radius 2 is 2.18 bits per heavy atom. The second-order valence-corrected chi connectivity index (χ2v) is 5.67. The van der Waals surface area contributed by atoms with Crippen LogP contribution < -0.4 is 0 Å². The van der Waals surface area contributed by atoms with Gasteiger partial charge in [-0.05, 0) is 50.5 Å². The number of methoxy groups -OCH3 is 1. The number of aliphatic hydroxyl groups is 1. The molecule has 4 atom stereocenters. The molecule has 0 bridgehead atoms. The van der Waals surface area contributed by atoms with Gasteiger partial charge in [0.1, 0.15) is 6.79 Å². The highest BCUT2D eigenvalue weighted by Crippen LogP contribution is 2.54. The highest BCUT2D eigenvalue weighted by atomic mass is 16.7. The number of fused-ring (bicyclic) bond motifs is 1. The van der Waals surface area contributed by atoms with Gasteiger partial charge in [0.2, 0.25) is 0 Å². The molecule has 0 aliphatic heterocycles. The third-order valence-electron chi connectivity index (χ3n) is 4.76. The molecule has 0 saturated heterocycles. The first-order chi connectivity index (χ1) is 8.10. The molecule has 0 aromatic rings. The standard InChI is InChI=1S/C14H24O3/c1-10-5-4-6-12(15)14(2)11(10)7-8-13(14)17-9-16-3/h6,10-11,13,15H,4-5,7-9H2,1-3H3/t10-,11+,13-,14+/m0/s1. The van der Waals surface area contributed by atoms with E-state index >= 15 is 0 Å². The molecule has 0 amide bonds. The number of ether oxygens (including phenoxy) is 2. The fraction of sp³-hybridized carbons (Fsp3) is 0.857. The fourth-order valence-corrected chi connectivity index (χ4v) is 3.71. The molecule has 0 unspecified atom stereocenters. The molecule has 0 spiro atoms. The van der Waals surface area contributed by atoms with Crippen molar-refractivity contribution < 1.29 is 14.6 Å². The van der Waals surface area contributed by atoms with Crippen molar-refractivity contribution in [3.8, 4) is 0 Å². The number of aliphatic hydroxyl groups excluding tert-OH is 1. The molecule has 2 aliphatic carbocycles. The zero-order valence-corrected chi connectivity index (χ0v) is 11.1. The highest BCUT2D eigenvalue weighted by Gasteiger charge is 2.52. The lowest BCUT2D eigenvalue weighted by atomic mass is 9.71. The molecular weight excluding hydrogens is 216 g/mol. The van der Waals surface area contributed by atoms with E-state index in [1.165, 1.54) is 6.42 Å². The van der Waals surface area contributed by atoms with Gasteiger partial charge in [0.05, 0.1) is 17.3 Å². The maximum Gasteiger partial charge on any atom is 0.146 e. The largest absolute Gasteiger partial charge is 0.512 e. The molecule has 3 heteroatoms. The number of rotatable bonds is 3. The lowest BCUT2D eigenvalue weighted by Gasteiger charge is -2.37. The van der Waals surface area contributed by atoms with Gasteiger partial charge in [-0.2, -0.15) is 0 Å². The van der Waals surface area contributed by atoms with Crippen molar-refractivity contribution in [3.05, 3.63) is 11.8 Å². The van der Waals surface area contributed by atoms with Crippen LogP contribution in [-0.2, 0) is 9.47 Å². The van der Waals surface area contributed by atoms with Crippen LogP contribution in [0.1, 0.15) is 39.5 Å². The van der Waals surface area contributed by atoms with Crippen LogP contribution in [0.4, 0.5) is 0 Å². The van der Waals surface area contributed by atoms with Gasteiger partial charge in [0.25, 0.3) is 0 Å². The second-order valence-electron chi connectivity index (χ2n) is 5.67. The molecule has 2 aliphatic rings. The molecule has 1 fully saturated rings. The van der Waals surface area contributed by atoms with E-state index in [4.69, 9.17) is 9.47 Å². The Labute approximate surface area is 104 Å². The van der Waals surface area contributed by atoms with Gasteiger partial charge in [-0.1, -0.05) is 6.92 Å². The van der Waals surface area contributed by atoms with Crippen LogP contribution in [0.2, 0.25) is 0 Å². The summed E-state index contributed by atoms with van der Waals surface area (Å²) in [5.41, 5.74) is -0.214. The Bertz CT molecular complexity index is 300. The molecule has 17 heavy (non-hydrogen) atoms. The Morgan fingerprint density at radius 1 is 1.41 bits per heavy atom. The first kappa shape index (κ1) is 12.9. The maximum atomic E-state index is 10.3. The van der Waals surface area contributed by atoms with E-state index in [-0.39, 0.29) is 11.5 Å². The first-order valence-electron chi connectivity index (χ1n) is 6.60. The van der Waals surface area contributed by atoms with Gasteiger partial charge in [0, 0.05) is 7.11 Å². The Morgan fingerprint density at radius 3 is 2.88 bits per heavy atom. The summed E-state index contributed by atoms with van der Waals surface area (Å²) in [4.78, 5) is 0. The molecule has 3 nitrogen and oxygen atoms in total. The van der Waals surface area contributed by atoms with E-state index in [2.05, 4.69) is 13.8 Å². The normalized spacial score (nSPS) is 41.8. The molecule has 0 heterocycles. The number of allylic oxidation sites excluding steroid dienone is 1. The van der Waals surface area contributed by atoms with E-state index in [1.807, 2.05) is 6.08 Å². The quantitative estimate of drug-likeness (QED) is 0.769. The maximum absolute atomic E-state index is 10.3. The molecule has 98 valence electrons. The SMILES string of the molecule is COCO[C@H]1CC[C@@H]2[C@@H](C)CCC=C(O)[C@]12C. The van der Waals surface area contributed by atoms with Gasteiger partial charge in [0.15, 0.2) is 0 Å². The van der Waals surface area contributed by atoms with Crippen LogP contribution in [-0.4, -0.2) is 25.1 Å². The average molecular weight is 240 g/mol. The van der Waals surface area contributed by atoms with Crippen molar-refractivity contribution in [3.63, 3.8) is 0 Å². The van der Waals surface area contributed by atoms with Crippen molar-refractivity contribution in [1.29, 1.82) is 0 Å². The smallest absolute Gasteiger partial charge is 0.146 e. The van der Waals surface area contributed by atoms with E-state index in [0.29, 0.717) is 24.4 Å². The van der Waals surface area contributed by atoms with Crippen molar-refractivity contribution >= 4 is 0 Å². The summed E-state index contributed by atoms with van der Waals surface area (Å²) in [6.07, 6.45) is 6.39. The lowest BCUT2D eigenvalue weighted by molar-refractivity contribution is -0.111. The predicted molar refractivity (Wildman–Crippen MR) is 66.7 cm³/mol. The first-order valence-corrected chi connectivity index (χ1v) is 6.60. The van der Waals surface area contributed by atoms with Crippen LogP contribution >= 0.6 is 0 Å². The third-order valence-corrected chi connectivity index (χ3v) is 4.76. The summed E-state index contributed by atoms with van der Waals surface area (Å²) < 4.78 is 10.8. The summed E-state index contributed by atoms with van der Waals surface area (Å²) >= 11 is 0. The van der Waals surface area contributed by atoms with E-state index in [9.17, 15) is 5.11 Å². The van der Waals surface area contributed by atoms with Gasteiger partial charge in [-0.15, -0.1) is 0 Å². The molecule has 0 radical (unpaired) electrons. The molecule has 0 aromatic carbocycles. The molecular formula is C14H24O3. The molecule has 1 saturated carbocycles. The van der Waals surface area contributed by atoms with Gasteiger partial charge >= 0.3 is 0 Å². The minimum Gasteiger partial charge on any atom is -0.512 e. The second kappa shape index (κ2) is 4.99. The monoisotopic (exact) mass is 240 g/mol. The minimum atomic E-state index is -0.214. The summed E-state index contributed by atoms with van der Waals surface area (Å²) in [5, 5.41) is 10.3. The van der Waals surface area contributed by atoms with Crippen molar-refractivity contribution in [2.24, 2.45) is 17.3 Å². The van der Waals surface area contributed by atoms with Crippen LogP contribution in [0.25, 0.3) is 0 Å². The summed E-state index contributed by atoms with van der Waals surface area (Å²) in [6.45, 7) is 4.77. The highest BCUT2D eigenvalue weighted by molar-refractivity contribution is 5.17. The van der Waals surface area contributed by atoms with Gasteiger partial charge in [-0.25, -0.2) is 0 Å². The number of hydrogen-bond acceptors (Lipinski definition) is 3. The Balaban J connectivity index is 2.23. The molecule has 1 N–H and O–H groups in total. The zero-order valence-electron chi connectivity index (χ0n) is 11.1. The van der Waals surface area contributed by atoms with E-state index in [0.717, 1.165) is 19.3 Å². The van der Waals surface area contributed by atoms with Crippen LogP contribution in [0.5, 0.6) is 0 Å².